The molecule has 25 heavy (non-hydrogen) atoms. The maximum Gasteiger partial charge on any atom is 0.265 e. The SMILES string of the molecule is Cc1nn(-c2ccccc2)c2sc(C(=O)Nc3c[nH]ccc3=O)cc12. The zero-order valence-corrected chi connectivity index (χ0v) is 14.1. The van der Waals surface area contributed by atoms with Crippen molar-refractivity contribution in [1.29, 1.82) is 0 Å². The third kappa shape index (κ3) is 2.74. The number of benzene rings is 1. The molecule has 1 aromatic carbocycles. The minimum atomic E-state index is -0.308. The Morgan fingerprint density at radius 2 is 2.04 bits per heavy atom. The van der Waals surface area contributed by atoms with Crippen LogP contribution < -0.4 is 10.7 Å². The van der Waals surface area contributed by atoms with Crippen molar-refractivity contribution in [3.05, 3.63) is 75.7 Å². The monoisotopic (exact) mass is 350 g/mol. The lowest BCUT2D eigenvalue weighted by molar-refractivity contribution is 0.103. The van der Waals surface area contributed by atoms with Crippen LogP contribution in [0, 0.1) is 6.92 Å². The van der Waals surface area contributed by atoms with Crippen LogP contribution >= 0.6 is 11.3 Å². The molecule has 3 aromatic heterocycles. The molecule has 3 heterocycles. The Balaban J connectivity index is 1.73. The van der Waals surface area contributed by atoms with Crippen LogP contribution in [0.15, 0.2) is 59.7 Å². The molecule has 4 rings (SSSR count). The Morgan fingerprint density at radius 1 is 1.24 bits per heavy atom. The second kappa shape index (κ2) is 6.03. The Labute approximate surface area is 146 Å². The molecule has 2 N–H and O–H groups in total. The number of nitrogens with zero attached hydrogens (tertiary/aromatic N) is 2. The van der Waals surface area contributed by atoms with Gasteiger partial charge in [-0.3, -0.25) is 9.59 Å². The van der Waals surface area contributed by atoms with Crippen molar-refractivity contribution in [1.82, 2.24) is 14.8 Å². The number of anilines is 1. The standard InChI is InChI=1S/C18H14N4O2S/c1-11-13-9-16(17(24)20-14-10-19-8-7-15(14)23)25-18(13)22(21-11)12-5-3-2-4-6-12/h2-10H,1H3,(H,19,23)(H,20,24). The Morgan fingerprint density at radius 3 is 2.80 bits per heavy atom. The van der Waals surface area contributed by atoms with Gasteiger partial charge >= 0.3 is 0 Å². The van der Waals surface area contributed by atoms with Gasteiger partial charge in [-0.15, -0.1) is 11.3 Å². The number of carbonyl (C=O) groups excluding carboxylic acids is 1. The number of aryl methyl sites for hydroxylation is 1. The van der Waals surface area contributed by atoms with Gasteiger partial charge in [-0.05, 0) is 25.1 Å². The lowest BCUT2D eigenvalue weighted by Gasteiger charge is -2.02. The average Bonchev–Trinajstić information content (AvgIpc) is 3.19. The molecular weight excluding hydrogens is 336 g/mol. The van der Waals surface area contributed by atoms with Crippen molar-refractivity contribution in [3.8, 4) is 5.69 Å². The fourth-order valence-electron chi connectivity index (χ4n) is 2.60. The van der Waals surface area contributed by atoms with Crippen LogP contribution in [-0.2, 0) is 0 Å². The van der Waals surface area contributed by atoms with Gasteiger partial charge in [0.15, 0.2) is 0 Å². The highest BCUT2D eigenvalue weighted by atomic mass is 32.1. The Bertz CT molecular complexity index is 1120. The maximum atomic E-state index is 12.5. The first-order chi connectivity index (χ1) is 12.1. The van der Waals surface area contributed by atoms with Crippen LogP contribution in [0.1, 0.15) is 15.4 Å². The number of aromatic amines is 1. The summed E-state index contributed by atoms with van der Waals surface area (Å²) in [6.45, 7) is 1.91. The molecule has 0 saturated carbocycles. The number of pyridine rings is 1. The van der Waals surface area contributed by atoms with E-state index < -0.39 is 0 Å². The number of rotatable bonds is 3. The highest BCUT2D eigenvalue weighted by Crippen LogP contribution is 2.30. The van der Waals surface area contributed by atoms with Crippen LogP contribution in [0.4, 0.5) is 5.69 Å². The molecule has 124 valence electrons. The lowest BCUT2D eigenvalue weighted by Crippen LogP contribution is -2.16. The number of nitrogens with one attached hydrogen (secondary N) is 2. The summed E-state index contributed by atoms with van der Waals surface area (Å²) in [6.07, 6.45) is 3.00. The summed E-state index contributed by atoms with van der Waals surface area (Å²) in [5.74, 6) is -0.308. The summed E-state index contributed by atoms with van der Waals surface area (Å²) in [5.41, 5.74) is 1.78. The topological polar surface area (TPSA) is 79.8 Å². The molecule has 7 heteroatoms. The van der Waals surface area contributed by atoms with E-state index in [0.717, 1.165) is 21.6 Å². The first kappa shape index (κ1) is 15.3. The number of thiophene rings is 1. The highest BCUT2D eigenvalue weighted by Gasteiger charge is 2.17. The van der Waals surface area contributed by atoms with Gasteiger partial charge in [-0.25, -0.2) is 4.68 Å². The van der Waals surface area contributed by atoms with E-state index in [1.165, 1.54) is 29.8 Å². The van der Waals surface area contributed by atoms with Crippen molar-refractivity contribution in [3.63, 3.8) is 0 Å². The number of aromatic nitrogens is 3. The third-order valence-corrected chi connectivity index (χ3v) is 4.95. The van der Waals surface area contributed by atoms with E-state index in [1.807, 2.05) is 48.0 Å². The van der Waals surface area contributed by atoms with Crippen molar-refractivity contribution in [2.45, 2.75) is 6.92 Å². The summed E-state index contributed by atoms with van der Waals surface area (Å²) in [5, 5.41) is 8.14. The van der Waals surface area contributed by atoms with E-state index >= 15 is 0 Å². The third-order valence-electron chi connectivity index (χ3n) is 3.84. The van der Waals surface area contributed by atoms with Gasteiger partial charge in [0.2, 0.25) is 5.43 Å². The number of amides is 1. The molecule has 0 unspecified atom stereocenters. The van der Waals surface area contributed by atoms with Crippen molar-refractivity contribution >= 4 is 33.1 Å². The molecule has 0 saturated heterocycles. The zero-order valence-electron chi connectivity index (χ0n) is 13.3. The molecule has 0 spiro atoms. The quantitative estimate of drug-likeness (QED) is 0.595. The van der Waals surface area contributed by atoms with Crippen LogP contribution in [0.25, 0.3) is 15.9 Å². The van der Waals surface area contributed by atoms with Crippen molar-refractivity contribution in [2.75, 3.05) is 5.32 Å². The van der Waals surface area contributed by atoms with E-state index in [1.54, 1.807) is 0 Å². The van der Waals surface area contributed by atoms with Crippen molar-refractivity contribution < 1.29 is 4.79 Å². The number of fused-ring (bicyclic) bond motifs is 1. The van der Waals surface area contributed by atoms with E-state index in [2.05, 4.69) is 15.4 Å². The van der Waals surface area contributed by atoms with E-state index in [-0.39, 0.29) is 17.0 Å². The van der Waals surface area contributed by atoms with Crippen LogP contribution in [0.3, 0.4) is 0 Å². The van der Waals surface area contributed by atoms with Crippen LogP contribution in [0.5, 0.6) is 0 Å². The second-order valence-electron chi connectivity index (χ2n) is 5.54. The average molecular weight is 350 g/mol. The first-order valence-electron chi connectivity index (χ1n) is 7.66. The van der Waals surface area contributed by atoms with Crippen molar-refractivity contribution in [2.24, 2.45) is 0 Å². The normalized spacial score (nSPS) is 10.9. The fourth-order valence-corrected chi connectivity index (χ4v) is 3.68. The number of H-pyrrole nitrogens is 1. The minimum Gasteiger partial charge on any atom is -0.366 e. The van der Waals surface area contributed by atoms with Gasteiger partial charge < -0.3 is 10.3 Å². The molecule has 4 aromatic rings. The summed E-state index contributed by atoms with van der Waals surface area (Å²) in [7, 11) is 0. The molecule has 0 aliphatic heterocycles. The molecule has 0 aliphatic carbocycles. The van der Waals surface area contributed by atoms with Gasteiger partial charge in [-0.1, -0.05) is 18.2 Å². The largest absolute Gasteiger partial charge is 0.366 e. The number of hydrogen-bond donors (Lipinski definition) is 2. The van der Waals surface area contributed by atoms with Gasteiger partial charge in [0, 0.05) is 23.8 Å². The Kier molecular flexibility index (Phi) is 3.70. The lowest BCUT2D eigenvalue weighted by atomic mass is 10.3. The molecule has 0 radical (unpaired) electrons. The zero-order chi connectivity index (χ0) is 17.4. The predicted molar refractivity (Wildman–Crippen MR) is 98.7 cm³/mol. The Hall–Kier alpha value is -3.19. The van der Waals surface area contributed by atoms with Crippen LogP contribution in [0.2, 0.25) is 0 Å². The molecular formula is C18H14N4O2S. The van der Waals surface area contributed by atoms with Gasteiger partial charge in [0.25, 0.3) is 5.91 Å². The highest BCUT2D eigenvalue weighted by molar-refractivity contribution is 7.20. The molecule has 0 fully saturated rings. The van der Waals surface area contributed by atoms with Gasteiger partial charge in [-0.2, -0.15) is 5.10 Å². The van der Waals surface area contributed by atoms with E-state index in [9.17, 15) is 9.59 Å². The molecule has 0 atom stereocenters. The smallest absolute Gasteiger partial charge is 0.265 e. The number of carbonyl (C=O) groups is 1. The van der Waals surface area contributed by atoms with Gasteiger partial charge in [0.1, 0.15) is 10.5 Å². The number of hydrogen-bond acceptors (Lipinski definition) is 4. The first-order valence-corrected chi connectivity index (χ1v) is 8.48. The predicted octanol–water partition coefficient (Wildman–Crippen LogP) is 3.34. The minimum absolute atomic E-state index is 0.228. The summed E-state index contributed by atoms with van der Waals surface area (Å²) in [6, 6.07) is 13.0. The summed E-state index contributed by atoms with van der Waals surface area (Å²) >= 11 is 1.35. The van der Waals surface area contributed by atoms with E-state index in [0.29, 0.717) is 4.88 Å². The van der Waals surface area contributed by atoms with Crippen LogP contribution in [-0.4, -0.2) is 20.7 Å². The summed E-state index contributed by atoms with van der Waals surface area (Å²) < 4.78 is 1.83. The molecule has 0 aliphatic rings. The molecule has 6 nitrogen and oxygen atoms in total. The molecule has 0 bridgehead atoms. The van der Waals surface area contributed by atoms with Gasteiger partial charge in [0.05, 0.1) is 16.3 Å². The molecule has 1 amide bonds. The second-order valence-corrected chi connectivity index (χ2v) is 6.57. The maximum absolute atomic E-state index is 12.5. The van der Waals surface area contributed by atoms with E-state index in [4.69, 9.17) is 0 Å². The summed E-state index contributed by atoms with van der Waals surface area (Å²) in [4.78, 5) is 28.5. The number of para-hydroxylation sites is 1. The fraction of sp³-hybridized carbons (Fsp3) is 0.0556.